The minimum Gasteiger partial charge on any atom is -0.469 e. The Bertz CT molecular complexity index is 112. The van der Waals surface area contributed by atoms with E-state index in [4.69, 9.17) is 0 Å². The molecule has 0 saturated heterocycles. The monoisotopic (exact) mass is 160 g/mol. The molecule has 66 valence electrons. The summed E-state index contributed by atoms with van der Waals surface area (Å²) >= 11 is 0. The summed E-state index contributed by atoms with van der Waals surface area (Å²) < 4.78 is 4.40. The Labute approximate surface area is 67.4 Å². The number of aliphatic hydroxyl groups is 1. The molecule has 1 atom stereocenters. The molecule has 1 N–H and O–H groups in total. The molecular formula is C8H16O3. The molecule has 0 aromatic carbocycles. The number of carbonyl (C=O) groups is 1. The first-order valence-corrected chi connectivity index (χ1v) is 3.95. The third-order valence-electron chi connectivity index (χ3n) is 1.52. The van der Waals surface area contributed by atoms with Crippen LogP contribution in [0.15, 0.2) is 0 Å². The molecule has 0 aliphatic carbocycles. The third-order valence-corrected chi connectivity index (χ3v) is 1.52. The summed E-state index contributed by atoms with van der Waals surface area (Å²) in [5, 5.41) is 9.18. The Balaban J connectivity index is 3.35. The summed E-state index contributed by atoms with van der Waals surface area (Å²) in [4.78, 5) is 10.6. The lowest BCUT2D eigenvalue weighted by Crippen LogP contribution is -2.14. The number of unbranched alkanes of at least 4 members (excludes halogenated alkanes) is 1. The number of aliphatic hydroxyl groups excluding tert-OH is 1. The van der Waals surface area contributed by atoms with Crippen LogP contribution in [0, 0.1) is 0 Å². The number of carbonyl (C=O) groups excluding carboxylic acids is 1. The van der Waals surface area contributed by atoms with Gasteiger partial charge in [-0.2, -0.15) is 0 Å². The van der Waals surface area contributed by atoms with E-state index in [1.54, 1.807) is 0 Å². The van der Waals surface area contributed by atoms with Crippen LogP contribution in [0.3, 0.4) is 0 Å². The van der Waals surface area contributed by atoms with E-state index in [2.05, 4.69) is 4.74 Å². The molecule has 3 nitrogen and oxygen atoms in total. The molecular weight excluding hydrogens is 144 g/mol. The Morgan fingerprint density at radius 2 is 2.27 bits per heavy atom. The summed E-state index contributed by atoms with van der Waals surface area (Å²) in [6.07, 6.45) is 2.28. The van der Waals surface area contributed by atoms with Gasteiger partial charge < -0.3 is 9.84 Å². The number of ether oxygens (including phenoxy) is 1. The molecule has 0 rings (SSSR count). The predicted molar refractivity (Wildman–Crippen MR) is 42.2 cm³/mol. The summed E-state index contributed by atoms with van der Waals surface area (Å²) in [6, 6.07) is 0. The predicted octanol–water partition coefficient (Wildman–Crippen LogP) is 1.10. The molecule has 0 aliphatic rings. The van der Waals surface area contributed by atoms with Crippen LogP contribution in [-0.4, -0.2) is 24.3 Å². The van der Waals surface area contributed by atoms with Crippen molar-refractivity contribution in [3.8, 4) is 0 Å². The Morgan fingerprint density at radius 3 is 2.73 bits per heavy atom. The van der Waals surface area contributed by atoms with Gasteiger partial charge in [-0.15, -0.1) is 0 Å². The SMILES string of the molecule is CCCCC(O)CC(=O)OC. The largest absolute Gasteiger partial charge is 0.469 e. The first kappa shape index (κ1) is 10.4. The van der Waals surface area contributed by atoms with E-state index in [-0.39, 0.29) is 12.4 Å². The van der Waals surface area contributed by atoms with Gasteiger partial charge in [0.15, 0.2) is 0 Å². The minimum absolute atomic E-state index is 0.122. The molecule has 0 fully saturated rings. The van der Waals surface area contributed by atoms with E-state index in [1.807, 2.05) is 6.92 Å². The Kier molecular flexibility index (Phi) is 5.84. The minimum atomic E-state index is -0.526. The molecule has 1 unspecified atom stereocenters. The maximum atomic E-state index is 10.6. The van der Waals surface area contributed by atoms with Crippen molar-refractivity contribution in [1.29, 1.82) is 0 Å². The van der Waals surface area contributed by atoms with E-state index in [9.17, 15) is 9.90 Å². The fourth-order valence-electron chi connectivity index (χ4n) is 0.818. The molecule has 0 aromatic rings. The van der Waals surface area contributed by atoms with E-state index in [1.165, 1.54) is 7.11 Å². The summed E-state index contributed by atoms with van der Waals surface area (Å²) in [7, 11) is 1.33. The third kappa shape index (κ3) is 5.85. The van der Waals surface area contributed by atoms with Crippen molar-refractivity contribution < 1.29 is 14.6 Å². The van der Waals surface area contributed by atoms with Crippen LogP contribution in [0.5, 0.6) is 0 Å². The first-order chi connectivity index (χ1) is 5.20. The van der Waals surface area contributed by atoms with Gasteiger partial charge in [0.1, 0.15) is 0 Å². The highest BCUT2D eigenvalue weighted by Gasteiger charge is 2.09. The fourth-order valence-corrected chi connectivity index (χ4v) is 0.818. The highest BCUT2D eigenvalue weighted by atomic mass is 16.5. The summed E-state index contributed by atoms with van der Waals surface area (Å²) in [6.45, 7) is 2.05. The highest BCUT2D eigenvalue weighted by molar-refractivity contribution is 5.69. The Morgan fingerprint density at radius 1 is 1.64 bits per heavy atom. The Hall–Kier alpha value is -0.570. The number of methoxy groups -OCH3 is 1. The number of hydrogen-bond donors (Lipinski definition) is 1. The van der Waals surface area contributed by atoms with Crippen LogP contribution in [0.2, 0.25) is 0 Å². The van der Waals surface area contributed by atoms with Gasteiger partial charge >= 0.3 is 5.97 Å². The van der Waals surface area contributed by atoms with Crippen molar-refractivity contribution in [2.75, 3.05) is 7.11 Å². The fraction of sp³-hybridized carbons (Fsp3) is 0.875. The first-order valence-electron chi connectivity index (χ1n) is 3.95. The van der Waals surface area contributed by atoms with Gasteiger partial charge in [-0.3, -0.25) is 4.79 Å². The molecule has 0 aromatic heterocycles. The van der Waals surface area contributed by atoms with Gasteiger partial charge in [-0.1, -0.05) is 19.8 Å². The standard InChI is InChI=1S/C8H16O3/c1-3-4-5-7(9)6-8(10)11-2/h7,9H,3-6H2,1-2H3. The average Bonchev–Trinajstić information content (AvgIpc) is 2.00. The second kappa shape index (κ2) is 6.16. The molecule has 0 bridgehead atoms. The highest BCUT2D eigenvalue weighted by Crippen LogP contribution is 2.04. The van der Waals surface area contributed by atoms with Crippen molar-refractivity contribution in [3.63, 3.8) is 0 Å². The van der Waals surface area contributed by atoms with Gasteiger partial charge in [0.2, 0.25) is 0 Å². The van der Waals surface area contributed by atoms with Crippen LogP contribution in [0.25, 0.3) is 0 Å². The van der Waals surface area contributed by atoms with Crippen molar-refractivity contribution in [1.82, 2.24) is 0 Å². The molecule has 0 heterocycles. The zero-order valence-corrected chi connectivity index (χ0v) is 7.17. The molecule has 0 saturated carbocycles. The maximum Gasteiger partial charge on any atom is 0.308 e. The number of esters is 1. The lowest BCUT2D eigenvalue weighted by molar-refractivity contribution is -0.142. The van der Waals surface area contributed by atoms with Gasteiger partial charge in [-0.25, -0.2) is 0 Å². The van der Waals surface area contributed by atoms with Gasteiger partial charge in [0, 0.05) is 0 Å². The molecule has 0 radical (unpaired) electrons. The topological polar surface area (TPSA) is 46.5 Å². The molecule has 0 aliphatic heterocycles. The van der Waals surface area contributed by atoms with Crippen LogP contribution < -0.4 is 0 Å². The second-order valence-corrected chi connectivity index (χ2v) is 2.58. The van der Waals surface area contributed by atoms with Crippen LogP contribution in [0.4, 0.5) is 0 Å². The van der Waals surface area contributed by atoms with Crippen LogP contribution >= 0.6 is 0 Å². The molecule has 11 heavy (non-hydrogen) atoms. The second-order valence-electron chi connectivity index (χ2n) is 2.58. The van der Waals surface area contributed by atoms with Crippen LogP contribution in [-0.2, 0) is 9.53 Å². The van der Waals surface area contributed by atoms with E-state index >= 15 is 0 Å². The summed E-state index contributed by atoms with van der Waals surface area (Å²) in [5.41, 5.74) is 0. The number of hydrogen-bond acceptors (Lipinski definition) is 3. The molecule has 0 spiro atoms. The molecule has 3 heteroatoms. The van der Waals surface area contributed by atoms with Gasteiger partial charge in [-0.05, 0) is 6.42 Å². The van der Waals surface area contributed by atoms with E-state index < -0.39 is 6.10 Å². The average molecular weight is 160 g/mol. The van der Waals surface area contributed by atoms with Crippen molar-refractivity contribution in [2.45, 2.75) is 38.7 Å². The van der Waals surface area contributed by atoms with Crippen molar-refractivity contribution in [2.24, 2.45) is 0 Å². The lowest BCUT2D eigenvalue weighted by atomic mass is 10.1. The number of rotatable bonds is 5. The van der Waals surface area contributed by atoms with Crippen molar-refractivity contribution in [3.05, 3.63) is 0 Å². The zero-order valence-electron chi connectivity index (χ0n) is 7.17. The maximum absolute atomic E-state index is 10.6. The summed E-state index contributed by atoms with van der Waals surface area (Å²) in [5.74, 6) is -0.339. The molecule has 0 amide bonds. The normalized spacial score (nSPS) is 12.6. The van der Waals surface area contributed by atoms with Crippen LogP contribution in [0.1, 0.15) is 32.6 Å². The van der Waals surface area contributed by atoms with Crippen molar-refractivity contribution >= 4 is 5.97 Å². The van der Waals surface area contributed by atoms with E-state index in [0.29, 0.717) is 6.42 Å². The lowest BCUT2D eigenvalue weighted by Gasteiger charge is -2.06. The van der Waals surface area contributed by atoms with Gasteiger partial charge in [0.05, 0.1) is 19.6 Å². The van der Waals surface area contributed by atoms with Gasteiger partial charge in [0.25, 0.3) is 0 Å². The quantitative estimate of drug-likeness (QED) is 0.612. The smallest absolute Gasteiger partial charge is 0.308 e. The van der Waals surface area contributed by atoms with E-state index in [0.717, 1.165) is 12.8 Å². The zero-order chi connectivity index (χ0) is 8.69.